The van der Waals surface area contributed by atoms with Gasteiger partial charge < -0.3 is 30.5 Å². The number of ether oxygens (including phenoxy) is 1. The van der Waals surface area contributed by atoms with Crippen molar-refractivity contribution in [3.63, 3.8) is 0 Å². The van der Waals surface area contributed by atoms with Gasteiger partial charge in [-0.3, -0.25) is 4.79 Å². The molecule has 11 heteroatoms. The largest absolute Gasteiger partial charge is 0.467 e. The lowest BCUT2D eigenvalue weighted by Crippen LogP contribution is -2.92. The number of hydrogen-bond donors (Lipinski definition) is 4. The molecule has 0 radical (unpaired) electrons. The molecular weight excluding hydrogens is 605 g/mol. The molecule has 3 aliphatic rings. The van der Waals surface area contributed by atoms with Gasteiger partial charge in [0.1, 0.15) is 11.7 Å². The zero-order valence-corrected chi connectivity index (χ0v) is 27.4. The number of nitrogens with zero attached hydrogens (tertiary/aromatic N) is 1. The normalized spacial score (nSPS) is 29.6. The zero-order valence-electron chi connectivity index (χ0n) is 26.6. The van der Waals surface area contributed by atoms with Crippen molar-refractivity contribution in [2.24, 2.45) is 16.7 Å². The van der Waals surface area contributed by atoms with Gasteiger partial charge in [0.25, 0.3) is 5.91 Å². The van der Waals surface area contributed by atoms with E-state index in [0.29, 0.717) is 49.8 Å². The number of aromatic nitrogens is 1. The van der Waals surface area contributed by atoms with E-state index in [4.69, 9.17) is 21.7 Å². The first-order valence-electron chi connectivity index (χ1n) is 16.2. The number of aromatic amines is 1. The molecule has 248 valence electrons. The van der Waals surface area contributed by atoms with E-state index in [-0.39, 0.29) is 35.4 Å². The Morgan fingerprint density at radius 1 is 1.18 bits per heavy atom. The van der Waals surface area contributed by atoms with E-state index >= 15 is 0 Å². The maximum absolute atomic E-state index is 14.8. The molecule has 3 fully saturated rings. The summed E-state index contributed by atoms with van der Waals surface area (Å²) in [4.78, 5) is 19.1. The first-order valence-corrected chi connectivity index (χ1v) is 16.6. The van der Waals surface area contributed by atoms with Crippen molar-refractivity contribution in [1.29, 1.82) is 5.41 Å². The summed E-state index contributed by atoms with van der Waals surface area (Å²) in [5.41, 5.74) is -0.0823. The van der Waals surface area contributed by atoms with Crippen molar-refractivity contribution in [1.82, 2.24) is 9.88 Å². The minimum Gasteiger partial charge on any atom is -0.366 e. The third-order valence-corrected chi connectivity index (χ3v) is 11.1. The van der Waals surface area contributed by atoms with Crippen molar-refractivity contribution >= 4 is 34.6 Å². The molecule has 2 saturated carbocycles. The van der Waals surface area contributed by atoms with Crippen LogP contribution in [0.5, 0.6) is 0 Å². The van der Waals surface area contributed by atoms with Crippen molar-refractivity contribution < 1.29 is 33.1 Å². The van der Waals surface area contributed by atoms with Crippen molar-refractivity contribution in [2.75, 3.05) is 6.54 Å². The fourth-order valence-corrected chi connectivity index (χ4v) is 7.87. The fourth-order valence-electron chi connectivity index (χ4n) is 7.57. The van der Waals surface area contributed by atoms with Gasteiger partial charge in [0.15, 0.2) is 6.29 Å². The second kappa shape index (κ2) is 13.0. The standard InChI is InChI=1S/C34H46ClF3N4O3/c1-20-8-15-33(4,29-31(44)45-29)16-11-25(20)41-28(34(36,37)38)23(18-39)30(43)42(22-9-13-32(2,3)14-10-22)17-12-21-19-40-26-7-5-6-24(35)27(21)26/h5-7,18-20,22,25,29,31,39-41,44H,8-17H2,1-4H3/p+1/b28-23+,39-18?/t20-,25?,29?,31+,33-/m1/s1. The Kier molecular flexibility index (Phi) is 9.81. The predicted octanol–water partition coefficient (Wildman–Crippen LogP) is 6.49. The number of nitrogens with one attached hydrogen (secondary N) is 2. The molecule has 0 spiro atoms. The molecule has 5 rings (SSSR count). The van der Waals surface area contributed by atoms with Crippen LogP contribution in [0.3, 0.4) is 0 Å². The van der Waals surface area contributed by atoms with Gasteiger partial charge in [0, 0.05) is 48.2 Å². The van der Waals surface area contributed by atoms with Crippen LogP contribution in [-0.2, 0) is 16.0 Å². The molecule has 5 atom stereocenters. The summed E-state index contributed by atoms with van der Waals surface area (Å²) in [7, 11) is 0. The number of rotatable bonds is 9. The number of H-pyrrole nitrogens is 1. The SMILES string of the molecule is C[C@@H]1CC[C@@](C)(C2O[C@@H]2O)CCC1[NH2+]/C(=C(\C=N)C(=O)N(CCc1c[nH]c2cccc(Cl)c12)C1CCC(C)(C)CC1)C(F)(F)F. The Labute approximate surface area is 268 Å². The number of aliphatic hydroxyl groups excluding tert-OH is 1. The van der Waals surface area contributed by atoms with Gasteiger partial charge in [-0.05, 0) is 79.9 Å². The molecule has 1 aliphatic heterocycles. The highest BCUT2D eigenvalue weighted by atomic mass is 35.5. The number of halogens is 4. The molecule has 1 saturated heterocycles. The van der Waals surface area contributed by atoms with E-state index in [1.54, 1.807) is 11.0 Å². The summed E-state index contributed by atoms with van der Waals surface area (Å²) < 4.78 is 49.9. The van der Waals surface area contributed by atoms with E-state index in [0.717, 1.165) is 35.7 Å². The number of benzene rings is 1. The molecule has 2 heterocycles. The number of carbonyl (C=O) groups excluding carboxylic acids is 1. The van der Waals surface area contributed by atoms with Gasteiger partial charge in [-0.25, -0.2) is 0 Å². The van der Waals surface area contributed by atoms with Gasteiger partial charge >= 0.3 is 6.18 Å². The molecule has 2 aromatic rings. The third kappa shape index (κ3) is 7.45. The molecule has 5 N–H and O–H groups in total. The van der Waals surface area contributed by atoms with Crippen LogP contribution in [0.1, 0.15) is 84.6 Å². The lowest BCUT2D eigenvalue weighted by molar-refractivity contribution is -0.668. The number of carbonyl (C=O) groups is 1. The molecule has 0 bridgehead atoms. The molecule has 1 aromatic carbocycles. The number of quaternary nitrogens is 1. The third-order valence-electron chi connectivity index (χ3n) is 10.8. The van der Waals surface area contributed by atoms with Crippen LogP contribution in [0.2, 0.25) is 5.02 Å². The number of allylic oxidation sites excluding steroid dienone is 1. The lowest BCUT2D eigenvalue weighted by atomic mass is 9.75. The van der Waals surface area contributed by atoms with Gasteiger partial charge in [0.2, 0.25) is 5.70 Å². The summed E-state index contributed by atoms with van der Waals surface area (Å²) in [6.07, 6.45) is 2.57. The smallest absolute Gasteiger partial charge is 0.366 e. The van der Waals surface area contributed by atoms with Gasteiger partial charge in [-0.15, -0.1) is 0 Å². The highest BCUT2D eigenvalue weighted by Crippen LogP contribution is 2.47. The maximum atomic E-state index is 14.8. The number of alkyl halides is 3. The van der Waals surface area contributed by atoms with Crippen molar-refractivity contribution in [3.8, 4) is 0 Å². The topological polar surface area (TPSA) is 109 Å². The average Bonchev–Trinajstić information content (AvgIpc) is 3.61. The summed E-state index contributed by atoms with van der Waals surface area (Å²) in [5, 5.41) is 20.6. The Bertz CT molecular complexity index is 1430. The van der Waals surface area contributed by atoms with E-state index in [1.807, 2.05) is 32.2 Å². The molecular formula is C34H47ClF3N4O3+. The number of fused-ring (bicyclic) bond motifs is 1. The second-order valence-corrected chi connectivity index (χ2v) is 15.0. The highest BCUT2D eigenvalue weighted by molar-refractivity contribution is 6.35. The molecule has 2 unspecified atom stereocenters. The van der Waals surface area contributed by atoms with Crippen LogP contribution in [0.15, 0.2) is 35.7 Å². The van der Waals surface area contributed by atoms with E-state index in [1.165, 1.54) is 5.32 Å². The lowest BCUT2D eigenvalue weighted by Gasteiger charge is -2.40. The summed E-state index contributed by atoms with van der Waals surface area (Å²) in [5.74, 6) is -0.810. The first kappa shape index (κ1) is 33.9. The zero-order chi connectivity index (χ0) is 32.7. The molecule has 7 nitrogen and oxygen atoms in total. The molecule has 2 aliphatic carbocycles. The summed E-state index contributed by atoms with van der Waals surface area (Å²) in [6, 6.07) is 4.90. The summed E-state index contributed by atoms with van der Waals surface area (Å²) >= 11 is 6.50. The number of nitrogens with two attached hydrogens (primary N) is 1. The predicted molar refractivity (Wildman–Crippen MR) is 169 cm³/mol. The van der Waals surface area contributed by atoms with Gasteiger partial charge in [-0.2, -0.15) is 13.2 Å². The molecule has 45 heavy (non-hydrogen) atoms. The minimum atomic E-state index is -4.81. The number of aliphatic hydroxyl groups is 1. The Balaban J connectivity index is 1.44. The van der Waals surface area contributed by atoms with Crippen LogP contribution < -0.4 is 5.32 Å². The van der Waals surface area contributed by atoms with Crippen LogP contribution >= 0.6 is 11.6 Å². The minimum absolute atomic E-state index is 0.0644. The monoisotopic (exact) mass is 651 g/mol. The van der Waals surface area contributed by atoms with Gasteiger partial charge in [-0.1, -0.05) is 45.4 Å². The fraction of sp³-hybridized carbons (Fsp3) is 0.647. The second-order valence-electron chi connectivity index (χ2n) is 14.6. The maximum Gasteiger partial charge on any atom is 0.467 e. The number of hydrogen-bond acceptors (Lipinski definition) is 4. The number of epoxide rings is 1. The van der Waals surface area contributed by atoms with Crippen LogP contribution in [-0.4, -0.2) is 64.3 Å². The highest BCUT2D eigenvalue weighted by Gasteiger charge is 2.53. The van der Waals surface area contributed by atoms with E-state index in [9.17, 15) is 23.1 Å². The van der Waals surface area contributed by atoms with Crippen LogP contribution in [0, 0.1) is 22.2 Å². The Hall–Kier alpha value is -2.40. The van der Waals surface area contributed by atoms with Crippen molar-refractivity contribution in [2.45, 2.75) is 116 Å². The van der Waals surface area contributed by atoms with E-state index in [2.05, 4.69) is 18.8 Å². The average molecular weight is 652 g/mol. The molecule has 1 aromatic heterocycles. The Morgan fingerprint density at radius 2 is 1.84 bits per heavy atom. The van der Waals surface area contributed by atoms with E-state index < -0.39 is 35.7 Å². The first-order chi connectivity index (χ1) is 21.1. The van der Waals surface area contributed by atoms with Gasteiger partial charge in [0.05, 0.1) is 11.1 Å². The summed E-state index contributed by atoms with van der Waals surface area (Å²) in [6.45, 7) is 8.54. The van der Waals surface area contributed by atoms with Crippen LogP contribution in [0.4, 0.5) is 13.2 Å². The van der Waals surface area contributed by atoms with Crippen molar-refractivity contribution in [3.05, 3.63) is 46.3 Å². The number of amides is 1. The molecule has 1 amide bonds. The Morgan fingerprint density at radius 3 is 2.47 bits per heavy atom. The quantitative estimate of drug-likeness (QED) is 0.108. The van der Waals surface area contributed by atoms with Crippen LogP contribution in [0.25, 0.3) is 10.9 Å².